The molecule has 1 N–H and O–H groups in total. The van der Waals surface area contributed by atoms with Crippen molar-refractivity contribution in [3.05, 3.63) is 34.9 Å². The summed E-state index contributed by atoms with van der Waals surface area (Å²) in [5.41, 5.74) is -0.0334. The fourth-order valence-electron chi connectivity index (χ4n) is 2.12. The van der Waals surface area contributed by atoms with Crippen molar-refractivity contribution in [1.82, 2.24) is 0 Å². The summed E-state index contributed by atoms with van der Waals surface area (Å²) in [4.78, 5) is 0. The topological polar surface area (TPSA) is 20.2 Å². The first-order chi connectivity index (χ1) is 8.36. The highest BCUT2D eigenvalue weighted by atomic mass is 35.5. The van der Waals surface area contributed by atoms with Gasteiger partial charge in [-0.15, -0.1) is 0 Å². The average Bonchev–Trinajstić information content (AvgIpc) is 3.12. The number of aliphatic hydroxyl groups excluding tert-OH is 1. The fourth-order valence-corrected chi connectivity index (χ4v) is 2.25. The molecule has 0 amide bonds. The lowest BCUT2D eigenvalue weighted by atomic mass is 9.87. The van der Waals surface area contributed by atoms with E-state index in [1.807, 2.05) is 13.8 Å². The van der Waals surface area contributed by atoms with E-state index < -0.39 is 17.4 Å². The highest BCUT2D eigenvalue weighted by Crippen LogP contribution is 2.54. The van der Waals surface area contributed by atoms with Gasteiger partial charge in [-0.3, -0.25) is 0 Å². The van der Waals surface area contributed by atoms with Crippen LogP contribution in [0.25, 0.3) is 0 Å². The Balaban J connectivity index is 0.000000771. The van der Waals surface area contributed by atoms with Crippen LogP contribution in [0.1, 0.15) is 39.2 Å². The first-order valence-corrected chi connectivity index (χ1v) is 6.56. The van der Waals surface area contributed by atoms with Crippen molar-refractivity contribution in [2.45, 2.75) is 51.1 Å². The molecule has 1 aromatic carbocycles. The quantitative estimate of drug-likeness (QED) is 0.867. The minimum Gasteiger partial charge on any atom is -0.386 e. The van der Waals surface area contributed by atoms with E-state index in [-0.39, 0.29) is 0 Å². The maximum Gasteiger partial charge on any atom is 0.271 e. The van der Waals surface area contributed by atoms with Gasteiger partial charge >= 0.3 is 0 Å². The largest absolute Gasteiger partial charge is 0.386 e. The summed E-state index contributed by atoms with van der Waals surface area (Å²) in [7, 11) is 0. The number of aliphatic hydroxyl groups is 1. The summed E-state index contributed by atoms with van der Waals surface area (Å²) in [5, 5.41) is 10.3. The van der Waals surface area contributed by atoms with Gasteiger partial charge in [-0.1, -0.05) is 37.6 Å². The van der Waals surface area contributed by atoms with E-state index in [1.54, 1.807) is 24.3 Å². The Labute approximate surface area is 112 Å². The molecule has 0 aromatic heterocycles. The van der Waals surface area contributed by atoms with Crippen LogP contribution in [-0.4, -0.2) is 17.1 Å². The number of alkyl halides is 2. The van der Waals surface area contributed by atoms with E-state index in [9.17, 15) is 13.9 Å². The maximum absolute atomic E-state index is 13.1. The monoisotopic (exact) mass is 276 g/mol. The molecule has 1 aliphatic rings. The van der Waals surface area contributed by atoms with Crippen molar-refractivity contribution in [2.75, 3.05) is 0 Å². The second-order valence-electron chi connectivity index (χ2n) is 4.52. The Kier molecular flexibility index (Phi) is 4.73. The number of hydrogen-bond donors (Lipinski definition) is 1. The Morgan fingerprint density at radius 1 is 1.22 bits per heavy atom. The molecule has 1 saturated carbocycles. The highest BCUT2D eigenvalue weighted by molar-refractivity contribution is 6.30. The predicted molar refractivity (Wildman–Crippen MR) is 70.3 cm³/mol. The minimum atomic E-state index is -3.07. The molecule has 102 valence electrons. The molecular formula is C14H19ClF2O. The SMILES string of the molecule is CC.CC(F)(F)C(O)C1(c2ccc(Cl)cc2)CC1. The summed E-state index contributed by atoms with van der Waals surface area (Å²) in [6.45, 7) is 4.76. The van der Waals surface area contributed by atoms with Gasteiger partial charge in [0.05, 0.1) is 0 Å². The van der Waals surface area contributed by atoms with Crippen LogP contribution >= 0.6 is 11.6 Å². The van der Waals surface area contributed by atoms with Gasteiger partial charge in [0.25, 0.3) is 5.92 Å². The van der Waals surface area contributed by atoms with Crippen LogP contribution in [0.3, 0.4) is 0 Å². The van der Waals surface area contributed by atoms with E-state index in [4.69, 9.17) is 11.6 Å². The van der Waals surface area contributed by atoms with Crippen molar-refractivity contribution < 1.29 is 13.9 Å². The average molecular weight is 277 g/mol. The zero-order valence-electron chi connectivity index (χ0n) is 10.9. The van der Waals surface area contributed by atoms with Crippen molar-refractivity contribution >= 4 is 11.6 Å². The Morgan fingerprint density at radius 3 is 2.00 bits per heavy atom. The lowest BCUT2D eigenvalue weighted by molar-refractivity contribution is -0.110. The molecule has 18 heavy (non-hydrogen) atoms. The Morgan fingerprint density at radius 2 is 1.67 bits per heavy atom. The fraction of sp³-hybridized carbons (Fsp3) is 0.571. The predicted octanol–water partition coefficient (Wildman–Crippen LogP) is 4.41. The number of rotatable bonds is 3. The Hall–Kier alpha value is -0.670. The van der Waals surface area contributed by atoms with E-state index in [0.29, 0.717) is 17.9 Å². The summed E-state index contributed by atoms with van der Waals surface area (Å²) in [5.74, 6) is -3.07. The second kappa shape index (κ2) is 5.54. The molecule has 1 aromatic rings. The summed E-state index contributed by atoms with van der Waals surface area (Å²) in [6.07, 6.45) is -0.431. The van der Waals surface area contributed by atoms with Gasteiger partial charge in [0.2, 0.25) is 0 Å². The number of benzene rings is 1. The third-order valence-corrected chi connectivity index (χ3v) is 3.46. The molecule has 1 atom stereocenters. The molecule has 0 spiro atoms. The number of hydrogen-bond acceptors (Lipinski definition) is 1. The van der Waals surface area contributed by atoms with Crippen LogP contribution in [-0.2, 0) is 5.41 Å². The highest BCUT2D eigenvalue weighted by Gasteiger charge is 2.57. The normalized spacial score (nSPS) is 18.6. The molecule has 1 nitrogen and oxygen atoms in total. The third kappa shape index (κ3) is 3.01. The van der Waals surface area contributed by atoms with Crippen LogP contribution in [0.4, 0.5) is 8.78 Å². The molecule has 0 bridgehead atoms. The van der Waals surface area contributed by atoms with Crippen LogP contribution in [0.15, 0.2) is 24.3 Å². The first-order valence-electron chi connectivity index (χ1n) is 6.18. The lowest BCUT2D eigenvalue weighted by Crippen LogP contribution is -2.40. The van der Waals surface area contributed by atoms with Crippen molar-refractivity contribution in [3.8, 4) is 0 Å². The summed E-state index contributed by atoms with van der Waals surface area (Å²) >= 11 is 5.74. The van der Waals surface area contributed by atoms with Crippen LogP contribution < -0.4 is 0 Å². The first kappa shape index (κ1) is 15.4. The third-order valence-electron chi connectivity index (χ3n) is 3.21. The van der Waals surface area contributed by atoms with Gasteiger partial charge in [0.15, 0.2) is 0 Å². The molecule has 1 aliphatic carbocycles. The molecule has 0 aliphatic heterocycles. The van der Waals surface area contributed by atoms with Gasteiger partial charge in [-0.25, -0.2) is 8.78 Å². The molecule has 1 unspecified atom stereocenters. The smallest absolute Gasteiger partial charge is 0.271 e. The molecule has 0 radical (unpaired) electrons. The van der Waals surface area contributed by atoms with Gasteiger partial charge < -0.3 is 5.11 Å². The second-order valence-corrected chi connectivity index (χ2v) is 4.96. The molecule has 1 fully saturated rings. The lowest BCUT2D eigenvalue weighted by Gasteiger charge is -2.27. The molecule has 4 heteroatoms. The van der Waals surface area contributed by atoms with Crippen molar-refractivity contribution in [2.24, 2.45) is 0 Å². The van der Waals surface area contributed by atoms with Crippen LogP contribution in [0.2, 0.25) is 5.02 Å². The molecule has 0 heterocycles. The van der Waals surface area contributed by atoms with Crippen LogP contribution in [0.5, 0.6) is 0 Å². The van der Waals surface area contributed by atoms with Gasteiger partial charge in [0.1, 0.15) is 6.10 Å². The Bertz CT molecular complexity index is 380. The van der Waals surface area contributed by atoms with E-state index in [1.165, 1.54) is 0 Å². The zero-order valence-corrected chi connectivity index (χ0v) is 11.6. The zero-order chi connectivity index (χ0) is 14.0. The van der Waals surface area contributed by atoms with E-state index in [0.717, 1.165) is 12.5 Å². The number of halogens is 3. The standard InChI is InChI=1S/C12H13ClF2O.C2H6/c1-11(14,15)10(16)12(6-7-12)8-2-4-9(13)5-3-8;1-2/h2-5,10,16H,6-7H2,1H3;1-2H3. The van der Waals surface area contributed by atoms with Crippen molar-refractivity contribution in [3.63, 3.8) is 0 Å². The summed E-state index contributed by atoms with van der Waals surface area (Å²) in [6, 6.07) is 6.75. The van der Waals surface area contributed by atoms with Crippen molar-refractivity contribution in [1.29, 1.82) is 0 Å². The van der Waals surface area contributed by atoms with Gasteiger partial charge in [-0.05, 0) is 30.5 Å². The van der Waals surface area contributed by atoms with Gasteiger partial charge in [-0.2, -0.15) is 0 Å². The minimum absolute atomic E-state index is 0.567. The maximum atomic E-state index is 13.1. The van der Waals surface area contributed by atoms with E-state index >= 15 is 0 Å². The molecule has 2 rings (SSSR count). The van der Waals surface area contributed by atoms with E-state index in [2.05, 4.69) is 0 Å². The summed E-state index contributed by atoms with van der Waals surface area (Å²) < 4.78 is 26.3. The molecule has 0 saturated heterocycles. The van der Waals surface area contributed by atoms with Crippen LogP contribution in [0, 0.1) is 0 Å². The molecular weight excluding hydrogens is 258 g/mol. The van der Waals surface area contributed by atoms with Gasteiger partial charge in [0, 0.05) is 17.4 Å².